The average Bonchev–Trinajstić information content (AvgIpc) is 2.07. The molecular formula is C12H20. The SMILES string of the molecule is CCC(C1=CCCC=C1)C(C)C. The molecule has 0 aromatic carbocycles. The number of allylic oxidation sites excluding steroid dienone is 4. The molecule has 0 amide bonds. The second-order valence-electron chi connectivity index (χ2n) is 3.94. The minimum Gasteiger partial charge on any atom is -0.0840 e. The fraction of sp³-hybridized carbons (Fsp3) is 0.667. The molecule has 0 fully saturated rings. The molecule has 68 valence electrons. The molecule has 0 radical (unpaired) electrons. The molecule has 0 bridgehead atoms. The molecule has 0 saturated heterocycles. The maximum absolute atomic E-state index is 2.41. The molecule has 0 aromatic heterocycles. The van der Waals surface area contributed by atoms with E-state index in [1.807, 2.05) is 0 Å². The monoisotopic (exact) mass is 164 g/mol. The highest BCUT2D eigenvalue weighted by Crippen LogP contribution is 2.27. The number of rotatable bonds is 3. The first kappa shape index (κ1) is 9.57. The quantitative estimate of drug-likeness (QED) is 0.592. The van der Waals surface area contributed by atoms with Gasteiger partial charge >= 0.3 is 0 Å². The Morgan fingerprint density at radius 2 is 2.08 bits per heavy atom. The first-order valence-corrected chi connectivity index (χ1v) is 5.12. The van der Waals surface area contributed by atoms with Gasteiger partial charge in [-0.15, -0.1) is 0 Å². The Hall–Kier alpha value is -0.520. The van der Waals surface area contributed by atoms with E-state index in [1.165, 1.54) is 19.3 Å². The standard InChI is InChI=1S/C12H20/c1-4-12(10(2)3)11-8-6-5-7-9-11/h6,8-10,12H,4-5,7H2,1-3H3. The molecule has 1 unspecified atom stereocenters. The molecule has 1 atom stereocenters. The van der Waals surface area contributed by atoms with Gasteiger partial charge in [-0.3, -0.25) is 0 Å². The molecule has 0 nitrogen and oxygen atoms in total. The van der Waals surface area contributed by atoms with Gasteiger partial charge in [0.15, 0.2) is 0 Å². The lowest BCUT2D eigenvalue weighted by molar-refractivity contribution is 0.435. The van der Waals surface area contributed by atoms with Crippen molar-refractivity contribution in [1.82, 2.24) is 0 Å². The van der Waals surface area contributed by atoms with E-state index < -0.39 is 0 Å². The Morgan fingerprint density at radius 3 is 2.50 bits per heavy atom. The largest absolute Gasteiger partial charge is 0.0840 e. The number of hydrogen-bond donors (Lipinski definition) is 0. The molecule has 0 heterocycles. The molecule has 1 aliphatic rings. The minimum absolute atomic E-state index is 0.779. The van der Waals surface area contributed by atoms with Gasteiger partial charge in [-0.1, -0.05) is 39.0 Å². The van der Waals surface area contributed by atoms with Crippen LogP contribution in [0.1, 0.15) is 40.0 Å². The van der Waals surface area contributed by atoms with Gasteiger partial charge in [0.25, 0.3) is 0 Å². The van der Waals surface area contributed by atoms with E-state index in [1.54, 1.807) is 5.57 Å². The van der Waals surface area contributed by atoms with Crippen LogP contribution in [0.4, 0.5) is 0 Å². The lowest BCUT2D eigenvalue weighted by Gasteiger charge is -2.22. The lowest BCUT2D eigenvalue weighted by Crippen LogP contribution is -2.10. The second kappa shape index (κ2) is 4.49. The van der Waals surface area contributed by atoms with E-state index in [-0.39, 0.29) is 0 Å². The molecule has 1 rings (SSSR count). The van der Waals surface area contributed by atoms with Gasteiger partial charge in [-0.25, -0.2) is 0 Å². The molecule has 0 saturated carbocycles. The summed E-state index contributed by atoms with van der Waals surface area (Å²) in [5.41, 5.74) is 1.57. The van der Waals surface area contributed by atoms with Crippen molar-refractivity contribution in [2.45, 2.75) is 40.0 Å². The van der Waals surface area contributed by atoms with E-state index in [0.717, 1.165) is 11.8 Å². The van der Waals surface area contributed by atoms with Crippen molar-refractivity contribution in [3.8, 4) is 0 Å². The zero-order valence-corrected chi connectivity index (χ0v) is 8.51. The number of hydrogen-bond acceptors (Lipinski definition) is 0. The summed E-state index contributed by atoms with van der Waals surface area (Å²) in [6.45, 7) is 6.92. The van der Waals surface area contributed by atoms with E-state index in [0.29, 0.717) is 0 Å². The van der Waals surface area contributed by atoms with Crippen LogP contribution in [0.5, 0.6) is 0 Å². The topological polar surface area (TPSA) is 0 Å². The van der Waals surface area contributed by atoms with Crippen molar-refractivity contribution >= 4 is 0 Å². The van der Waals surface area contributed by atoms with Crippen LogP contribution in [0.25, 0.3) is 0 Å². The summed E-state index contributed by atoms with van der Waals surface area (Å²) in [6.07, 6.45) is 10.8. The van der Waals surface area contributed by atoms with Crippen LogP contribution in [-0.2, 0) is 0 Å². The maximum atomic E-state index is 2.41. The molecule has 12 heavy (non-hydrogen) atoms. The molecule has 0 aromatic rings. The summed E-state index contributed by atoms with van der Waals surface area (Å²) in [5, 5.41) is 0. The van der Waals surface area contributed by atoms with Crippen LogP contribution in [0.3, 0.4) is 0 Å². The van der Waals surface area contributed by atoms with E-state index in [2.05, 4.69) is 39.0 Å². The van der Waals surface area contributed by atoms with Gasteiger partial charge in [0, 0.05) is 0 Å². The Balaban J connectivity index is 2.65. The molecule has 1 aliphatic carbocycles. The Labute approximate surface area is 76.4 Å². The summed E-state index contributed by atoms with van der Waals surface area (Å²) in [5.74, 6) is 1.56. The van der Waals surface area contributed by atoms with Crippen LogP contribution in [0.2, 0.25) is 0 Å². The maximum Gasteiger partial charge on any atom is -0.0145 e. The third-order valence-corrected chi connectivity index (χ3v) is 2.70. The molecular weight excluding hydrogens is 144 g/mol. The van der Waals surface area contributed by atoms with Crippen LogP contribution < -0.4 is 0 Å². The summed E-state index contributed by atoms with van der Waals surface area (Å²) < 4.78 is 0. The normalized spacial score (nSPS) is 19.5. The van der Waals surface area contributed by atoms with Gasteiger partial charge in [-0.2, -0.15) is 0 Å². The highest BCUT2D eigenvalue weighted by Gasteiger charge is 2.14. The summed E-state index contributed by atoms with van der Waals surface area (Å²) in [4.78, 5) is 0. The van der Waals surface area contributed by atoms with Crippen molar-refractivity contribution in [1.29, 1.82) is 0 Å². The molecule has 0 heteroatoms. The first-order chi connectivity index (χ1) is 5.75. The predicted octanol–water partition coefficient (Wildman–Crippen LogP) is 3.95. The van der Waals surface area contributed by atoms with Gasteiger partial charge in [0.2, 0.25) is 0 Å². The van der Waals surface area contributed by atoms with Gasteiger partial charge in [0.05, 0.1) is 0 Å². The van der Waals surface area contributed by atoms with Crippen LogP contribution in [-0.4, -0.2) is 0 Å². The van der Waals surface area contributed by atoms with E-state index >= 15 is 0 Å². The highest BCUT2D eigenvalue weighted by atomic mass is 14.2. The van der Waals surface area contributed by atoms with Crippen molar-refractivity contribution in [3.63, 3.8) is 0 Å². The van der Waals surface area contributed by atoms with Crippen molar-refractivity contribution in [3.05, 3.63) is 23.8 Å². The Bertz CT molecular complexity index is 184. The zero-order valence-electron chi connectivity index (χ0n) is 8.51. The second-order valence-corrected chi connectivity index (χ2v) is 3.94. The fourth-order valence-electron chi connectivity index (χ4n) is 2.00. The van der Waals surface area contributed by atoms with Gasteiger partial charge in [-0.05, 0) is 36.7 Å². The molecule has 0 N–H and O–H groups in total. The zero-order chi connectivity index (χ0) is 8.97. The third-order valence-electron chi connectivity index (χ3n) is 2.70. The molecule has 0 spiro atoms. The summed E-state index contributed by atoms with van der Waals surface area (Å²) >= 11 is 0. The summed E-state index contributed by atoms with van der Waals surface area (Å²) in [7, 11) is 0. The Morgan fingerprint density at radius 1 is 1.33 bits per heavy atom. The van der Waals surface area contributed by atoms with E-state index in [4.69, 9.17) is 0 Å². The van der Waals surface area contributed by atoms with E-state index in [9.17, 15) is 0 Å². The van der Waals surface area contributed by atoms with Crippen LogP contribution >= 0.6 is 0 Å². The average molecular weight is 164 g/mol. The predicted molar refractivity (Wildman–Crippen MR) is 55.1 cm³/mol. The van der Waals surface area contributed by atoms with Crippen molar-refractivity contribution in [2.24, 2.45) is 11.8 Å². The highest BCUT2D eigenvalue weighted by molar-refractivity contribution is 5.25. The van der Waals surface area contributed by atoms with Crippen LogP contribution in [0.15, 0.2) is 23.8 Å². The van der Waals surface area contributed by atoms with Crippen molar-refractivity contribution < 1.29 is 0 Å². The van der Waals surface area contributed by atoms with Crippen molar-refractivity contribution in [2.75, 3.05) is 0 Å². The van der Waals surface area contributed by atoms with Gasteiger partial charge in [0.1, 0.15) is 0 Å². The smallest absolute Gasteiger partial charge is 0.0145 e. The van der Waals surface area contributed by atoms with Gasteiger partial charge < -0.3 is 0 Å². The Kier molecular flexibility index (Phi) is 3.58. The lowest BCUT2D eigenvalue weighted by atomic mass is 9.84. The van der Waals surface area contributed by atoms with Crippen LogP contribution in [0, 0.1) is 11.8 Å². The molecule has 0 aliphatic heterocycles. The summed E-state index contributed by atoms with van der Waals surface area (Å²) in [6, 6.07) is 0. The first-order valence-electron chi connectivity index (χ1n) is 5.12. The fourth-order valence-corrected chi connectivity index (χ4v) is 2.00. The minimum atomic E-state index is 0.779. The third kappa shape index (κ3) is 2.23.